The van der Waals surface area contributed by atoms with Gasteiger partial charge in [0.15, 0.2) is 0 Å². The molecule has 0 spiro atoms. The predicted octanol–water partition coefficient (Wildman–Crippen LogP) is 12.0. The zero-order chi connectivity index (χ0) is 33.8. The van der Waals surface area contributed by atoms with Gasteiger partial charge in [-0.15, -0.1) is 0 Å². The molecule has 0 saturated carbocycles. The van der Waals surface area contributed by atoms with E-state index < -0.39 is 14.9 Å². The van der Waals surface area contributed by atoms with Gasteiger partial charge in [-0.1, -0.05) is 68.3 Å². The van der Waals surface area contributed by atoms with Crippen molar-refractivity contribution < 1.29 is 28.0 Å². The normalized spacial score (nSPS) is 12.0. The summed E-state index contributed by atoms with van der Waals surface area (Å²) in [5.41, 5.74) is 2.72. The SMILES string of the molecule is II(I)I(I)I.I[I-]I(I)I.N#Cc1cccc(C(Br)C(=O)Cl)c1.N#Cc1cccc(C(Br)C(=O)Nc2ccccc2O)c1. The van der Waals surface area contributed by atoms with Crippen LogP contribution in [0.15, 0.2) is 72.8 Å². The van der Waals surface area contributed by atoms with Crippen LogP contribution in [0.3, 0.4) is 0 Å². The molecule has 0 fully saturated rings. The molecule has 1 amide bonds. The zero-order valence-corrected chi connectivity index (χ0v) is 48.7. The maximum absolute atomic E-state index is 12.1. The van der Waals surface area contributed by atoms with Crippen molar-refractivity contribution in [2.45, 2.75) is 9.65 Å². The number of benzene rings is 3. The number of amides is 1. The predicted molar refractivity (Wildman–Crippen MR) is 273 cm³/mol. The van der Waals surface area contributed by atoms with Crippen molar-refractivity contribution in [3.63, 3.8) is 0 Å². The fraction of sp³-hybridized carbons (Fsp3) is 0.0833. The Balaban J connectivity index is 0.000000657. The van der Waals surface area contributed by atoms with Crippen molar-refractivity contribution in [1.82, 2.24) is 0 Å². The first-order valence-corrected chi connectivity index (χ1v) is 69.4. The van der Waals surface area contributed by atoms with Gasteiger partial charge in [-0.05, 0) is 59.1 Å². The minimum absolute atomic E-state index is 0.00586. The fourth-order valence-corrected chi connectivity index (χ4v) is 3.40. The van der Waals surface area contributed by atoms with Crippen molar-refractivity contribution in [3.05, 3.63) is 95.1 Å². The number of halogens is 14. The number of rotatable bonds is 7. The largest absolute Gasteiger partial charge is 0.506 e. The zero-order valence-electron chi connectivity index (χ0n) is 21.0. The van der Waals surface area contributed by atoms with Gasteiger partial charge in [0.1, 0.15) is 15.4 Å². The van der Waals surface area contributed by atoms with Gasteiger partial charge < -0.3 is 10.4 Å². The van der Waals surface area contributed by atoms with Crippen LogP contribution in [-0.2, 0) is 9.59 Å². The summed E-state index contributed by atoms with van der Waals surface area (Å²) >= 11 is 30.6. The molecular formula is C24H16Br2ClI11N3O3-. The van der Waals surface area contributed by atoms with E-state index in [1.54, 1.807) is 66.7 Å². The second kappa shape index (κ2) is 29.3. The number of phenolic OH excluding ortho intramolecular Hbond substituents is 1. The van der Waals surface area contributed by atoms with Gasteiger partial charge in [-0.25, -0.2) is 0 Å². The van der Waals surface area contributed by atoms with E-state index in [0.29, 0.717) is 41.2 Å². The van der Waals surface area contributed by atoms with Crippen LogP contribution in [0.4, 0.5) is 5.69 Å². The van der Waals surface area contributed by atoms with Crippen molar-refractivity contribution in [2.75, 3.05) is 5.32 Å². The first-order chi connectivity index (χ1) is 20.7. The van der Waals surface area contributed by atoms with E-state index in [-0.39, 0.29) is 35.3 Å². The summed E-state index contributed by atoms with van der Waals surface area (Å²) in [5.74, 6) is -0.312. The molecule has 3 rings (SSSR count). The van der Waals surface area contributed by atoms with E-state index in [1.807, 2.05) is 12.1 Å². The minimum atomic E-state index is -0.601. The number of nitrogens with zero attached hydrogens (tertiary/aromatic N) is 2. The maximum atomic E-state index is 12.1. The number of phenols is 1. The van der Waals surface area contributed by atoms with Gasteiger partial charge in [0, 0.05) is 0 Å². The Morgan fingerprint density at radius 1 is 0.818 bits per heavy atom. The second-order valence-electron chi connectivity index (χ2n) is 7.05. The number of carbonyl (C=O) groups is 2. The summed E-state index contributed by atoms with van der Waals surface area (Å²) in [6.45, 7) is 0. The maximum Gasteiger partial charge on any atom is 0.242 e. The van der Waals surface area contributed by atoms with Gasteiger partial charge >= 0.3 is 167 Å². The monoisotopic (exact) mass is 1980 g/mol. The number of nitrogens with one attached hydrogen (secondary N) is 1. The Morgan fingerprint density at radius 2 is 1.25 bits per heavy atom. The summed E-state index contributed by atoms with van der Waals surface area (Å²) in [6.07, 6.45) is 0. The van der Waals surface area contributed by atoms with Gasteiger partial charge in [-0.2, -0.15) is 10.5 Å². The van der Waals surface area contributed by atoms with Crippen LogP contribution >= 0.6 is 197 Å². The first kappa shape index (κ1) is 48.9. The van der Waals surface area contributed by atoms with Gasteiger partial charge in [0.25, 0.3) is 0 Å². The molecular weight excluding hydrogens is 1970 g/mol. The molecule has 44 heavy (non-hydrogen) atoms. The molecule has 0 aliphatic heterocycles. The molecule has 20 heteroatoms. The van der Waals surface area contributed by atoms with E-state index in [0.717, 1.165) is 0 Å². The number of alkyl halides is 2. The standard InChI is InChI=1S/C15H11BrN2O2.C9H5BrClNO.I6.I5/c16-14(11-5-3-4-10(8-11)9-17)15(20)18-12-6-1-2-7-13(12)19;10-8(9(11)13)7-3-1-2-6(4-7)5-12;1-5(2)6(3)4;1-4-5(2)3/h1-8,14,19H,(H,18,20);1-4,8H;;/q;;;-1. The van der Waals surface area contributed by atoms with Crippen LogP contribution in [0.1, 0.15) is 31.9 Å². The Bertz CT molecular complexity index is 1420. The fourth-order valence-electron chi connectivity index (χ4n) is 2.59. The molecule has 0 aromatic heterocycles. The van der Waals surface area contributed by atoms with E-state index >= 15 is 0 Å². The van der Waals surface area contributed by atoms with E-state index in [9.17, 15) is 14.7 Å². The molecule has 3 aromatic carbocycles. The molecule has 2 unspecified atom stereocenters. The topological polar surface area (TPSA) is 114 Å². The Labute approximate surface area is 370 Å². The number of aromatic hydroxyl groups is 1. The van der Waals surface area contributed by atoms with Crippen molar-refractivity contribution in [2.24, 2.45) is 0 Å². The quantitative estimate of drug-likeness (QED) is 0.106. The van der Waals surface area contributed by atoms with Crippen molar-refractivity contribution in [3.8, 4) is 17.9 Å². The van der Waals surface area contributed by atoms with E-state index in [4.69, 9.17) is 22.1 Å². The Morgan fingerprint density at radius 3 is 1.61 bits per heavy atom. The van der Waals surface area contributed by atoms with Crippen LogP contribution < -0.4 is 18.6 Å². The van der Waals surface area contributed by atoms with Gasteiger partial charge in [0.05, 0.1) is 29.0 Å². The number of nitriles is 2. The molecule has 2 N–H and O–H groups in total. The van der Waals surface area contributed by atoms with Crippen molar-refractivity contribution >= 4 is 214 Å². The average Bonchev–Trinajstić information content (AvgIpc) is 3.02. The third-order valence-corrected chi connectivity index (χ3v) is 255. The summed E-state index contributed by atoms with van der Waals surface area (Å²) < 4.78 is 0. The average molecular weight is 1990 g/mol. The minimum Gasteiger partial charge on any atom is -0.506 e. The summed E-state index contributed by atoms with van der Waals surface area (Å²) in [7, 11) is -0.874. The number of anilines is 1. The third-order valence-electron chi connectivity index (χ3n) is 4.33. The second-order valence-corrected chi connectivity index (χ2v) is 172. The van der Waals surface area contributed by atoms with Crippen LogP contribution in [0.2, 0.25) is 0 Å². The van der Waals surface area contributed by atoms with E-state index in [1.165, 1.54) is 6.07 Å². The number of hydrogen-bond acceptors (Lipinski definition) is 5. The molecule has 244 valence electrons. The number of carbonyl (C=O) groups excluding carboxylic acids is 2. The first-order valence-electron chi connectivity index (χ1n) is 10.6. The Hall–Kier alpha value is 4.86. The van der Waals surface area contributed by atoms with Crippen LogP contribution in [0, 0.1) is 22.7 Å². The molecule has 0 aliphatic carbocycles. The molecule has 0 heterocycles. The number of hydrogen-bond donors (Lipinski definition) is 2. The molecule has 0 saturated heterocycles. The molecule has 0 radical (unpaired) electrons. The summed E-state index contributed by atoms with van der Waals surface area (Å²) in [5, 5.41) is 29.2. The smallest absolute Gasteiger partial charge is 0.242 e. The van der Waals surface area contributed by atoms with Crippen LogP contribution in [-0.4, -0.2) is 16.3 Å². The molecule has 3 aromatic rings. The van der Waals surface area contributed by atoms with Gasteiger partial charge in [-0.3, -0.25) is 9.59 Å². The molecule has 6 nitrogen and oxygen atoms in total. The summed E-state index contributed by atoms with van der Waals surface area (Å²) in [4.78, 5) is 21.8. The van der Waals surface area contributed by atoms with Crippen molar-refractivity contribution in [1.29, 1.82) is 10.5 Å². The Kier molecular flexibility index (Phi) is 32.6. The molecule has 2 atom stereocenters. The van der Waals surface area contributed by atoms with Crippen LogP contribution in [0.5, 0.6) is 5.75 Å². The van der Waals surface area contributed by atoms with Gasteiger partial charge in [0.2, 0.25) is 11.1 Å². The number of para-hydroxylation sites is 2. The molecule has 0 bridgehead atoms. The summed E-state index contributed by atoms with van der Waals surface area (Å²) in [6, 6.07) is 24.0. The molecule has 0 aliphatic rings. The van der Waals surface area contributed by atoms with Crippen LogP contribution in [0.25, 0.3) is 0 Å². The third kappa shape index (κ3) is 22.7. The van der Waals surface area contributed by atoms with E-state index in [2.05, 4.69) is 167 Å².